The molecule has 0 unspecified atom stereocenters. The Morgan fingerprint density at radius 3 is 2.44 bits per heavy atom. The van der Waals surface area contributed by atoms with Crippen LogP contribution in [-0.4, -0.2) is 19.6 Å². The van der Waals surface area contributed by atoms with Gasteiger partial charge in [0, 0.05) is 44.6 Å². The average molecular weight is 625 g/mol. The summed E-state index contributed by atoms with van der Waals surface area (Å²) in [6.07, 6.45) is 1.64. The first-order valence-corrected chi connectivity index (χ1v) is 10.8. The van der Waals surface area contributed by atoms with E-state index in [0.717, 1.165) is 33.5 Å². The Morgan fingerprint density at radius 2 is 1.68 bits per heavy atom. The van der Waals surface area contributed by atoms with Crippen LogP contribution in [0.5, 0.6) is 5.75 Å². The fraction of sp³-hybridized carbons (Fsp3) is 0.107. The number of nitriles is 1. The zero-order valence-electron chi connectivity index (χ0n) is 18.6. The topological polar surface area (TPSA) is 74.7 Å². The first-order valence-electron chi connectivity index (χ1n) is 10.8. The van der Waals surface area contributed by atoms with Crippen molar-refractivity contribution in [1.29, 1.82) is 5.26 Å². The molecule has 0 saturated heterocycles. The zero-order chi connectivity index (χ0) is 22.9. The second-order valence-corrected chi connectivity index (χ2v) is 8.11. The minimum absolute atomic E-state index is 0. The second kappa shape index (κ2) is 9.63. The van der Waals surface area contributed by atoms with E-state index in [1.165, 1.54) is 0 Å². The number of imidazole rings is 1. The van der Waals surface area contributed by atoms with Crippen molar-refractivity contribution in [2.45, 2.75) is 19.9 Å². The third-order valence-electron chi connectivity index (χ3n) is 5.63. The van der Waals surface area contributed by atoms with E-state index >= 15 is 0 Å². The summed E-state index contributed by atoms with van der Waals surface area (Å²) in [4.78, 5) is 9.41. The van der Waals surface area contributed by atoms with Crippen molar-refractivity contribution < 1.29 is 26.2 Å². The molecule has 0 aliphatic rings. The number of pyridine rings is 1. The predicted molar refractivity (Wildman–Crippen MR) is 129 cm³/mol. The van der Waals surface area contributed by atoms with E-state index in [0.29, 0.717) is 16.8 Å². The number of aromatic hydroxyl groups is 1. The van der Waals surface area contributed by atoms with Crippen molar-refractivity contribution in [3.63, 3.8) is 0 Å². The van der Waals surface area contributed by atoms with Crippen molar-refractivity contribution in [1.82, 2.24) is 14.5 Å². The number of phenolic OH excluding ortho intramolecular Hbond substituents is 1. The maximum atomic E-state index is 10.5. The molecular weight excluding hydrogens is 603 g/mol. The molecular formula is C28H21N4OPt-. The van der Waals surface area contributed by atoms with Gasteiger partial charge in [0.1, 0.15) is 11.6 Å². The summed E-state index contributed by atoms with van der Waals surface area (Å²) in [6, 6.07) is 28.5. The number of aromatic nitrogens is 3. The average Bonchev–Trinajstić information content (AvgIpc) is 3.24. The van der Waals surface area contributed by atoms with Crippen LogP contribution in [0.2, 0.25) is 0 Å². The van der Waals surface area contributed by atoms with Crippen LogP contribution >= 0.6 is 0 Å². The Bertz CT molecular complexity index is 1530. The molecule has 0 aliphatic carbocycles. The first-order chi connectivity index (χ1) is 16.1. The standard InChI is InChI=1S/C28H21N4O.Pt/c1-18(2)32-25-11-6-10-22(27(25)31-28(32)23-9-3-4-12-26(23)33)20-7-5-8-21(16-20)24-15-19(17-29)13-14-30-24;/h3-15,18,33H,1-2H3;/q-1;. The van der Waals surface area contributed by atoms with Crippen LogP contribution in [0.25, 0.3) is 44.8 Å². The van der Waals surface area contributed by atoms with E-state index < -0.39 is 0 Å². The summed E-state index contributed by atoms with van der Waals surface area (Å²) < 4.78 is 2.15. The Morgan fingerprint density at radius 1 is 0.941 bits per heavy atom. The SMILES string of the molecule is CC(C)n1c(-c2ccccc2O)nc2c(-c3[c-]c(-c4cc(C#N)ccn4)ccc3)cccc21.[Pt]. The van der Waals surface area contributed by atoms with Crippen LogP contribution < -0.4 is 0 Å². The van der Waals surface area contributed by atoms with Gasteiger partial charge in [-0.2, -0.15) is 5.26 Å². The molecule has 0 bridgehead atoms. The number of phenols is 1. The third-order valence-corrected chi connectivity index (χ3v) is 5.63. The number of nitrogens with zero attached hydrogens (tertiary/aromatic N) is 4. The van der Waals surface area contributed by atoms with E-state index in [2.05, 4.69) is 41.6 Å². The van der Waals surface area contributed by atoms with Gasteiger partial charge in [0.05, 0.1) is 22.7 Å². The van der Waals surface area contributed by atoms with Crippen LogP contribution in [0.4, 0.5) is 0 Å². The van der Waals surface area contributed by atoms with E-state index in [4.69, 9.17) is 4.98 Å². The second-order valence-electron chi connectivity index (χ2n) is 8.11. The summed E-state index contributed by atoms with van der Waals surface area (Å²) in [7, 11) is 0. The smallest absolute Gasteiger partial charge is 0.144 e. The molecule has 5 aromatic rings. The zero-order valence-corrected chi connectivity index (χ0v) is 20.9. The molecule has 6 heteroatoms. The van der Waals surface area contributed by atoms with Gasteiger partial charge in [-0.3, -0.25) is 4.98 Å². The van der Waals surface area contributed by atoms with Gasteiger partial charge in [0.15, 0.2) is 0 Å². The number of hydrogen-bond acceptors (Lipinski definition) is 4. The summed E-state index contributed by atoms with van der Waals surface area (Å²) >= 11 is 0. The molecule has 0 aliphatic heterocycles. The first kappa shape index (κ1) is 23.4. The molecule has 34 heavy (non-hydrogen) atoms. The molecule has 0 amide bonds. The Kier molecular flexibility index (Phi) is 6.63. The third kappa shape index (κ3) is 4.13. The minimum Gasteiger partial charge on any atom is -0.507 e. The van der Waals surface area contributed by atoms with E-state index in [1.807, 2.05) is 48.5 Å². The Hall–Kier alpha value is -3.74. The van der Waals surface area contributed by atoms with Crippen molar-refractivity contribution in [3.05, 3.63) is 90.6 Å². The van der Waals surface area contributed by atoms with Gasteiger partial charge in [0.2, 0.25) is 0 Å². The minimum atomic E-state index is 0. The van der Waals surface area contributed by atoms with Gasteiger partial charge in [-0.15, -0.1) is 29.8 Å². The summed E-state index contributed by atoms with van der Waals surface area (Å²) in [5.74, 6) is 0.929. The molecule has 0 spiro atoms. The van der Waals surface area contributed by atoms with Crippen molar-refractivity contribution in [2.24, 2.45) is 0 Å². The molecule has 0 radical (unpaired) electrons. The molecule has 0 atom stereocenters. The molecule has 5 nitrogen and oxygen atoms in total. The number of benzene rings is 3. The molecule has 1 N–H and O–H groups in total. The van der Waals surface area contributed by atoms with E-state index in [9.17, 15) is 10.4 Å². The molecule has 5 rings (SSSR count). The summed E-state index contributed by atoms with van der Waals surface area (Å²) in [6.45, 7) is 4.22. The predicted octanol–water partition coefficient (Wildman–Crippen LogP) is 6.39. The summed E-state index contributed by atoms with van der Waals surface area (Å²) in [5, 5.41) is 19.7. The molecule has 2 aromatic heterocycles. The molecule has 170 valence electrons. The monoisotopic (exact) mass is 624 g/mol. The maximum absolute atomic E-state index is 10.5. The van der Waals surface area contributed by atoms with Crippen molar-refractivity contribution in [2.75, 3.05) is 0 Å². The van der Waals surface area contributed by atoms with Crippen LogP contribution in [0.3, 0.4) is 0 Å². The molecule has 0 saturated carbocycles. The fourth-order valence-electron chi connectivity index (χ4n) is 4.13. The van der Waals surface area contributed by atoms with Gasteiger partial charge in [0.25, 0.3) is 0 Å². The van der Waals surface area contributed by atoms with Crippen molar-refractivity contribution in [3.8, 4) is 45.6 Å². The van der Waals surface area contributed by atoms with E-state index in [1.54, 1.807) is 24.4 Å². The normalized spacial score (nSPS) is 10.8. The number of fused-ring (bicyclic) bond motifs is 1. The van der Waals surface area contributed by atoms with Gasteiger partial charge >= 0.3 is 0 Å². The maximum Gasteiger partial charge on any atom is 0.144 e. The molecule has 3 aromatic carbocycles. The summed E-state index contributed by atoms with van der Waals surface area (Å²) in [5.41, 5.74) is 6.44. The van der Waals surface area contributed by atoms with Gasteiger partial charge in [-0.05, 0) is 38.1 Å². The van der Waals surface area contributed by atoms with Crippen LogP contribution in [0.1, 0.15) is 25.5 Å². The van der Waals surface area contributed by atoms with Crippen molar-refractivity contribution >= 4 is 11.0 Å². The van der Waals surface area contributed by atoms with E-state index in [-0.39, 0.29) is 32.9 Å². The fourth-order valence-corrected chi connectivity index (χ4v) is 4.13. The van der Waals surface area contributed by atoms with Gasteiger partial charge < -0.3 is 9.67 Å². The Balaban J connectivity index is 0.00000274. The van der Waals surface area contributed by atoms with Crippen LogP contribution in [0.15, 0.2) is 79.0 Å². The largest absolute Gasteiger partial charge is 0.507 e. The Labute approximate surface area is 212 Å². The molecule has 0 fully saturated rings. The quantitative estimate of drug-likeness (QED) is 0.235. The van der Waals surface area contributed by atoms with Gasteiger partial charge in [-0.1, -0.05) is 41.5 Å². The van der Waals surface area contributed by atoms with Crippen LogP contribution in [0, 0.1) is 17.4 Å². The number of hydrogen-bond donors (Lipinski definition) is 1. The van der Waals surface area contributed by atoms with Gasteiger partial charge in [-0.25, -0.2) is 4.98 Å². The van der Waals surface area contributed by atoms with Crippen LogP contribution in [-0.2, 0) is 21.1 Å². The number of para-hydroxylation sites is 2. The molecule has 2 heterocycles. The number of rotatable bonds is 4.